The Kier molecular flexibility index (Phi) is 6.98. The van der Waals surface area contributed by atoms with Crippen molar-refractivity contribution in [1.82, 2.24) is 9.88 Å². The lowest BCUT2D eigenvalue weighted by molar-refractivity contribution is 0.251. The topological polar surface area (TPSA) is 60.1 Å². The zero-order valence-electron chi connectivity index (χ0n) is 14.2. The molecule has 0 aliphatic heterocycles. The maximum atomic E-state index is 10.4. The summed E-state index contributed by atoms with van der Waals surface area (Å²) >= 11 is 1.39. The molecule has 1 aromatic heterocycles. The number of nitriles is 1. The van der Waals surface area contributed by atoms with Crippen LogP contribution in [0.1, 0.15) is 31.7 Å². The zero-order valence-corrected chi connectivity index (χ0v) is 15.0. The van der Waals surface area contributed by atoms with Crippen molar-refractivity contribution in [2.24, 2.45) is 0 Å². The number of nitrogens with zero attached hydrogens (tertiary/aromatic N) is 3. The van der Waals surface area contributed by atoms with E-state index < -0.39 is 0 Å². The summed E-state index contributed by atoms with van der Waals surface area (Å²) in [6.07, 6.45) is 2.04. The van der Waals surface area contributed by atoms with E-state index in [9.17, 15) is 10.4 Å². The molecular formula is C19H23N3OS. The van der Waals surface area contributed by atoms with Crippen molar-refractivity contribution in [3.63, 3.8) is 0 Å². The van der Waals surface area contributed by atoms with Gasteiger partial charge in [-0.25, -0.2) is 4.98 Å². The number of allylic oxidation sites excluding steroid dienone is 1. The van der Waals surface area contributed by atoms with Crippen LogP contribution < -0.4 is 0 Å². The maximum Gasteiger partial charge on any atom is 0.138 e. The highest BCUT2D eigenvalue weighted by Gasteiger charge is 2.16. The summed E-state index contributed by atoms with van der Waals surface area (Å²) in [6, 6.07) is 12.0. The number of hydrogen-bond donors (Lipinski definition) is 1. The van der Waals surface area contributed by atoms with Gasteiger partial charge in [-0.15, -0.1) is 11.3 Å². The van der Waals surface area contributed by atoms with Crippen LogP contribution in [0.2, 0.25) is 0 Å². The lowest BCUT2D eigenvalue weighted by Gasteiger charge is -2.20. The SMILES string of the molecule is CCCN(CCC)C/C(O)=C(\C#N)c1nc(-c2ccccc2)cs1. The van der Waals surface area contributed by atoms with E-state index in [2.05, 4.69) is 29.8 Å². The monoisotopic (exact) mass is 341 g/mol. The van der Waals surface area contributed by atoms with Crippen molar-refractivity contribution in [1.29, 1.82) is 5.26 Å². The minimum Gasteiger partial charge on any atom is -0.509 e. The first-order valence-electron chi connectivity index (χ1n) is 8.25. The van der Waals surface area contributed by atoms with Crippen LogP contribution in [0.5, 0.6) is 0 Å². The molecule has 0 atom stereocenters. The Hall–Kier alpha value is -2.16. The molecule has 0 fully saturated rings. The van der Waals surface area contributed by atoms with Crippen molar-refractivity contribution in [2.75, 3.05) is 19.6 Å². The summed E-state index contributed by atoms with van der Waals surface area (Å²) in [5.41, 5.74) is 2.12. The highest BCUT2D eigenvalue weighted by atomic mass is 32.1. The van der Waals surface area contributed by atoms with Crippen molar-refractivity contribution in [3.8, 4) is 17.3 Å². The van der Waals surface area contributed by atoms with Crippen LogP contribution >= 0.6 is 11.3 Å². The van der Waals surface area contributed by atoms with E-state index in [1.165, 1.54) is 11.3 Å². The van der Waals surface area contributed by atoms with E-state index in [0.29, 0.717) is 11.6 Å². The minimum atomic E-state index is 0.105. The van der Waals surface area contributed by atoms with Crippen molar-refractivity contribution >= 4 is 16.9 Å². The molecule has 24 heavy (non-hydrogen) atoms. The first-order valence-corrected chi connectivity index (χ1v) is 9.13. The molecule has 1 heterocycles. The highest BCUT2D eigenvalue weighted by Crippen LogP contribution is 2.27. The molecule has 0 saturated carbocycles. The van der Waals surface area contributed by atoms with Crippen molar-refractivity contribution in [3.05, 3.63) is 46.5 Å². The van der Waals surface area contributed by atoms with Crippen molar-refractivity contribution in [2.45, 2.75) is 26.7 Å². The number of aliphatic hydroxyl groups excluding tert-OH is 1. The van der Waals surface area contributed by atoms with Gasteiger partial charge in [0.05, 0.1) is 12.2 Å². The van der Waals surface area contributed by atoms with Gasteiger partial charge in [-0.3, -0.25) is 4.90 Å². The van der Waals surface area contributed by atoms with Gasteiger partial charge in [-0.1, -0.05) is 44.2 Å². The summed E-state index contributed by atoms with van der Waals surface area (Å²) in [5.74, 6) is 0.105. The Morgan fingerprint density at radius 1 is 1.21 bits per heavy atom. The van der Waals surface area contributed by atoms with Gasteiger partial charge in [0, 0.05) is 10.9 Å². The van der Waals surface area contributed by atoms with Gasteiger partial charge in [-0.2, -0.15) is 5.26 Å². The average Bonchev–Trinajstić information content (AvgIpc) is 3.06. The van der Waals surface area contributed by atoms with Gasteiger partial charge in [0.15, 0.2) is 0 Å². The van der Waals surface area contributed by atoms with E-state index >= 15 is 0 Å². The van der Waals surface area contributed by atoms with Crippen LogP contribution in [-0.4, -0.2) is 34.6 Å². The molecule has 0 unspecified atom stereocenters. The first kappa shape index (κ1) is 18.2. The third-order valence-electron chi connectivity index (χ3n) is 3.64. The number of aromatic nitrogens is 1. The first-order chi connectivity index (χ1) is 11.7. The van der Waals surface area contributed by atoms with Gasteiger partial charge in [-0.05, 0) is 25.9 Å². The van der Waals surface area contributed by atoms with E-state index in [0.717, 1.165) is 37.2 Å². The fourth-order valence-electron chi connectivity index (χ4n) is 2.56. The number of benzene rings is 1. The molecule has 0 amide bonds. The lowest BCUT2D eigenvalue weighted by atomic mass is 10.2. The van der Waals surface area contributed by atoms with Crippen LogP contribution in [0, 0.1) is 11.3 Å². The second-order valence-electron chi connectivity index (χ2n) is 5.61. The Morgan fingerprint density at radius 2 is 1.88 bits per heavy atom. The Morgan fingerprint density at radius 3 is 2.46 bits per heavy atom. The summed E-state index contributed by atoms with van der Waals surface area (Å²) in [6.45, 7) is 6.43. The fourth-order valence-corrected chi connectivity index (χ4v) is 3.40. The van der Waals surface area contributed by atoms with Crippen LogP contribution in [0.25, 0.3) is 16.8 Å². The second kappa shape index (κ2) is 9.21. The van der Waals surface area contributed by atoms with Gasteiger partial charge >= 0.3 is 0 Å². The maximum absolute atomic E-state index is 10.4. The summed E-state index contributed by atoms with van der Waals surface area (Å²) in [5, 5.41) is 22.4. The summed E-state index contributed by atoms with van der Waals surface area (Å²) < 4.78 is 0. The summed E-state index contributed by atoms with van der Waals surface area (Å²) in [7, 11) is 0. The Labute approximate surface area is 147 Å². The van der Waals surface area contributed by atoms with Crippen LogP contribution in [0.3, 0.4) is 0 Å². The third kappa shape index (κ3) is 4.67. The largest absolute Gasteiger partial charge is 0.509 e. The molecule has 0 bridgehead atoms. The molecule has 2 rings (SSSR count). The lowest BCUT2D eigenvalue weighted by Crippen LogP contribution is -2.28. The Bertz CT molecular complexity index is 710. The summed E-state index contributed by atoms with van der Waals surface area (Å²) in [4.78, 5) is 6.70. The van der Waals surface area contributed by atoms with E-state index in [-0.39, 0.29) is 11.3 Å². The zero-order chi connectivity index (χ0) is 17.4. The number of thiazole rings is 1. The predicted molar refractivity (Wildman–Crippen MR) is 99.7 cm³/mol. The number of rotatable bonds is 8. The Balaban J connectivity index is 2.24. The van der Waals surface area contributed by atoms with E-state index in [4.69, 9.17) is 0 Å². The third-order valence-corrected chi connectivity index (χ3v) is 4.50. The van der Waals surface area contributed by atoms with E-state index in [1.807, 2.05) is 35.7 Å². The van der Waals surface area contributed by atoms with Crippen molar-refractivity contribution < 1.29 is 5.11 Å². The smallest absolute Gasteiger partial charge is 0.138 e. The number of aliphatic hydroxyl groups is 1. The molecule has 0 radical (unpaired) electrons. The quantitative estimate of drug-likeness (QED) is 0.557. The van der Waals surface area contributed by atoms with Crippen LogP contribution in [0.15, 0.2) is 41.5 Å². The van der Waals surface area contributed by atoms with Gasteiger partial charge in [0.25, 0.3) is 0 Å². The second-order valence-corrected chi connectivity index (χ2v) is 6.47. The molecule has 0 spiro atoms. The molecule has 126 valence electrons. The minimum absolute atomic E-state index is 0.105. The molecule has 4 nitrogen and oxygen atoms in total. The fraction of sp³-hybridized carbons (Fsp3) is 0.368. The molecule has 0 saturated heterocycles. The molecular weight excluding hydrogens is 318 g/mol. The van der Waals surface area contributed by atoms with Crippen LogP contribution in [0.4, 0.5) is 0 Å². The van der Waals surface area contributed by atoms with Gasteiger partial charge in [0.1, 0.15) is 22.4 Å². The van der Waals surface area contributed by atoms with Crippen LogP contribution in [-0.2, 0) is 0 Å². The normalized spacial score (nSPS) is 12.1. The molecule has 1 aromatic carbocycles. The van der Waals surface area contributed by atoms with Gasteiger partial charge < -0.3 is 5.11 Å². The standard InChI is InChI=1S/C19H23N3OS/c1-3-10-22(11-4-2)13-18(23)16(12-20)19-21-17(14-24-19)15-8-6-5-7-9-15/h5-9,14,23H,3-4,10-11,13H2,1-2H3/b18-16-. The molecule has 0 aliphatic rings. The van der Waals surface area contributed by atoms with E-state index in [1.54, 1.807) is 0 Å². The molecule has 5 heteroatoms. The molecule has 2 aromatic rings. The van der Waals surface area contributed by atoms with Gasteiger partial charge in [0.2, 0.25) is 0 Å². The average molecular weight is 341 g/mol. The number of hydrogen-bond acceptors (Lipinski definition) is 5. The predicted octanol–water partition coefficient (Wildman–Crippen LogP) is 4.72. The molecule has 1 N–H and O–H groups in total. The molecule has 0 aliphatic carbocycles. The highest BCUT2D eigenvalue weighted by molar-refractivity contribution is 7.11.